The number of nitrogens with one attached hydrogen (secondary N) is 2. The van der Waals surface area contributed by atoms with Crippen molar-refractivity contribution in [3.8, 4) is 0 Å². The quantitative estimate of drug-likeness (QED) is 0.888. The lowest BCUT2D eigenvalue weighted by atomic mass is 9.93. The van der Waals surface area contributed by atoms with Gasteiger partial charge in [0.2, 0.25) is 0 Å². The highest BCUT2D eigenvalue weighted by molar-refractivity contribution is 6.00. The number of hydrogen-bond acceptors (Lipinski definition) is 3. The largest absolute Gasteiger partial charge is 0.387 e. The molecule has 1 amide bonds. The zero-order valence-corrected chi connectivity index (χ0v) is 12.9. The van der Waals surface area contributed by atoms with Gasteiger partial charge in [-0.3, -0.25) is 4.79 Å². The van der Waals surface area contributed by atoms with Crippen LogP contribution in [0.2, 0.25) is 0 Å². The number of amides is 1. The number of aryl methyl sites for hydroxylation is 1. The maximum Gasteiger partial charge on any atom is 0.253 e. The van der Waals surface area contributed by atoms with Gasteiger partial charge >= 0.3 is 0 Å². The molecular formula is C16H25N3O. The number of hydrogen-bond donors (Lipinski definition) is 2. The van der Waals surface area contributed by atoms with Crippen LogP contribution in [0.3, 0.4) is 0 Å². The van der Waals surface area contributed by atoms with Crippen LogP contribution in [0.4, 0.5) is 5.69 Å². The molecule has 1 aliphatic heterocycles. The molecular weight excluding hydrogens is 250 g/mol. The standard InChI is InChI=1S/C16H25N3O/c1-11-5-6-15(17-3)13(9-11)16(20)18-14-7-8-19(4)10-12(14)2/h5-6,9,12,14,17H,7-8,10H2,1-4H3,(H,18,20). The van der Waals surface area contributed by atoms with Crippen LogP contribution in [0, 0.1) is 12.8 Å². The predicted molar refractivity (Wildman–Crippen MR) is 83.3 cm³/mol. The van der Waals surface area contributed by atoms with Gasteiger partial charge in [-0.05, 0) is 45.0 Å². The van der Waals surface area contributed by atoms with Crippen molar-refractivity contribution in [1.82, 2.24) is 10.2 Å². The fraction of sp³-hybridized carbons (Fsp3) is 0.562. The second-order valence-corrected chi connectivity index (χ2v) is 5.91. The predicted octanol–water partition coefficient (Wildman–Crippen LogP) is 2.11. The number of carbonyl (C=O) groups is 1. The lowest BCUT2D eigenvalue weighted by Gasteiger charge is -2.35. The highest BCUT2D eigenvalue weighted by Gasteiger charge is 2.26. The van der Waals surface area contributed by atoms with Gasteiger partial charge in [0.05, 0.1) is 5.56 Å². The molecule has 4 heteroatoms. The summed E-state index contributed by atoms with van der Waals surface area (Å²) in [5.41, 5.74) is 2.72. The summed E-state index contributed by atoms with van der Waals surface area (Å²) in [6, 6.07) is 6.19. The second-order valence-electron chi connectivity index (χ2n) is 5.91. The molecule has 1 aromatic carbocycles. The molecule has 0 bridgehead atoms. The smallest absolute Gasteiger partial charge is 0.253 e. The zero-order valence-electron chi connectivity index (χ0n) is 12.9. The van der Waals surface area contributed by atoms with Crippen molar-refractivity contribution < 1.29 is 4.79 Å². The first-order valence-electron chi connectivity index (χ1n) is 7.29. The van der Waals surface area contributed by atoms with Crippen molar-refractivity contribution in [2.24, 2.45) is 5.92 Å². The Bertz CT molecular complexity index is 487. The van der Waals surface area contributed by atoms with E-state index >= 15 is 0 Å². The number of carbonyl (C=O) groups excluding carboxylic acids is 1. The molecule has 110 valence electrons. The Balaban J connectivity index is 2.10. The maximum atomic E-state index is 12.5. The third kappa shape index (κ3) is 3.31. The van der Waals surface area contributed by atoms with Gasteiger partial charge < -0.3 is 15.5 Å². The average molecular weight is 275 g/mol. The number of anilines is 1. The van der Waals surface area contributed by atoms with E-state index in [9.17, 15) is 4.79 Å². The minimum atomic E-state index is 0.0273. The summed E-state index contributed by atoms with van der Waals surface area (Å²) in [4.78, 5) is 14.8. The first kappa shape index (κ1) is 14.9. The first-order chi connectivity index (χ1) is 9.51. The van der Waals surface area contributed by atoms with Crippen LogP contribution in [0.1, 0.15) is 29.3 Å². The molecule has 4 nitrogen and oxygen atoms in total. The molecule has 1 saturated heterocycles. The molecule has 0 aromatic heterocycles. The monoisotopic (exact) mass is 275 g/mol. The molecule has 0 aliphatic carbocycles. The van der Waals surface area contributed by atoms with Crippen LogP contribution in [0.15, 0.2) is 18.2 Å². The van der Waals surface area contributed by atoms with Crippen molar-refractivity contribution in [3.63, 3.8) is 0 Å². The highest BCUT2D eigenvalue weighted by atomic mass is 16.1. The van der Waals surface area contributed by atoms with Crippen LogP contribution < -0.4 is 10.6 Å². The summed E-state index contributed by atoms with van der Waals surface area (Å²) in [7, 11) is 3.98. The second kappa shape index (κ2) is 6.27. The normalized spacial score (nSPS) is 23.4. The lowest BCUT2D eigenvalue weighted by molar-refractivity contribution is 0.0884. The van der Waals surface area contributed by atoms with Gasteiger partial charge in [0, 0.05) is 25.3 Å². The van der Waals surface area contributed by atoms with Crippen LogP contribution >= 0.6 is 0 Å². The molecule has 2 rings (SSSR count). The number of benzene rings is 1. The molecule has 0 spiro atoms. The minimum Gasteiger partial charge on any atom is -0.387 e. The van der Waals surface area contributed by atoms with E-state index in [0.29, 0.717) is 5.92 Å². The van der Waals surface area contributed by atoms with E-state index in [0.717, 1.165) is 36.3 Å². The molecule has 2 unspecified atom stereocenters. The Hall–Kier alpha value is -1.55. The Morgan fingerprint density at radius 3 is 2.80 bits per heavy atom. The Morgan fingerprint density at radius 1 is 1.40 bits per heavy atom. The van der Waals surface area contributed by atoms with Crippen molar-refractivity contribution in [1.29, 1.82) is 0 Å². The molecule has 1 heterocycles. The van der Waals surface area contributed by atoms with Gasteiger partial charge in [-0.2, -0.15) is 0 Å². The van der Waals surface area contributed by atoms with Gasteiger partial charge in [-0.25, -0.2) is 0 Å². The third-order valence-electron chi connectivity index (χ3n) is 4.11. The van der Waals surface area contributed by atoms with E-state index in [4.69, 9.17) is 0 Å². The Labute approximate surface area is 121 Å². The van der Waals surface area contributed by atoms with E-state index in [2.05, 4.69) is 29.5 Å². The number of likely N-dealkylation sites (tertiary alicyclic amines) is 1. The van der Waals surface area contributed by atoms with E-state index in [-0.39, 0.29) is 11.9 Å². The summed E-state index contributed by atoms with van der Waals surface area (Å²) < 4.78 is 0. The van der Waals surface area contributed by atoms with Gasteiger partial charge in [0.1, 0.15) is 0 Å². The van der Waals surface area contributed by atoms with Crippen molar-refractivity contribution in [3.05, 3.63) is 29.3 Å². The first-order valence-corrected chi connectivity index (χ1v) is 7.29. The molecule has 1 aromatic rings. The van der Waals surface area contributed by atoms with Crippen molar-refractivity contribution >= 4 is 11.6 Å². The van der Waals surface area contributed by atoms with E-state index in [1.165, 1.54) is 0 Å². The molecule has 1 aliphatic rings. The van der Waals surface area contributed by atoms with Crippen molar-refractivity contribution in [2.75, 3.05) is 32.5 Å². The van der Waals surface area contributed by atoms with Crippen LogP contribution in [0.5, 0.6) is 0 Å². The molecule has 20 heavy (non-hydrogen) atoms. The average Bonchev–Trinajstić information content (AvgIpc) is 2.41. The lowest BCUT2D eigenvalue weighted by Crippen LogP contribution is -2.48. The fourth-order valence-corrected chi connectivity index (χ4v) is 2.88. The zero-order chi connectivity index (χ0) is 14.7. The summed E-state index contributed by atoms with van der Waals surface area (Å²) in [6.07, 6.45) is 1.02. The van der Waals surface area contributed by atoms with Gasteiger partial charge in [0.25, 0.3) is 5.91 Å². The van der Waals surface area contributed by atoms with Gasteiger partial charge in [-0.1, -0.05) is 18.6 Å². The Kier molecular flexibility index (Phi) is 4.65. The summed E-state index contributed by atoms with van der Waals surface area (Å²) in [5, 5.41) is 6.29. The maximum absolute atomic E-state index is 12.5. The minimum absolute atomic E-state index is 0.0273. The third-order valence-corrected chi connectivity index (χ3v) is 4.11. The Morgan fingerprint density at radius 2 is 2.15 bits per heavy atom. The van der Waals surface area contributed by atoms with E-state index in [1.54, 1.807) is 0 Å². The highest BCUT2D eigenvalue weighted by Crippen LogP contribution is 2.19. The summed E-state index contributed by atoms with van der Waals surface area (Å²) in [5.74, 6) is 0.514. The topological polar surface area (TPSA) is 44.4 Å². The number of rotatable bonds is 3. The van der Waals surface area contributed by atoms with Gasteiger partial charge in [0.15, 0.2) is 0 Å². The van der Waals surface area contributed by atoms with Crippen molar-refractivity contribution in [2.45, 2.75) is 26.3 Å². The SMILES string of the molecule is CNc1ccc(C)cc1C(=O)NC1CCN(C)CC1C. The molecule has 2 atom stereocenters. The molecule has 0 saturated carbocycles. The van der Waals surface area contributed by atoms with E-state index < -0.39 is 0 Å². The van der Waals surface area contributed by atoms with Gasteiger partial charge in [-0.15, -0.1) is 0 Å². The number of piperidine rings is 1. The summed E-state index contributed by atoms with van der Waals surface area (Å²) in [6.45, 7) is 6.30. The van der Waals surface area contributed by atoms with Crippen LogP contribution in [-0.2, 0) is 0 Å². The molecule has 0 radical (unpaired) electrons. The fourth-order valence-electron chi connectivity index (χ4n) is 2.88. The number of nitrogens with zero attached hydrogens (tertiary/aromatic N) is 1. The summed E-state index contributed by atoms with van der Waals surface area (Å²) >= 11 is 0. The van der Waals surface area contributed by atoms with Crippen LogP contribution in [0.25, 0.3) is 0 Å². The van der Waals surface area contributed by atoms with E-state index in [1.807, 2.05) is 32.2 Å². The molecule has 1 fully saturated rings. The van der Waals surface area contributed by atoms with Crippen LogP contribution in [-0.4, -0.2) is 44.0 Å². The molecule has 2 N–H and O–H groups in total.